The molecule has 0 radical (unpaired) electrons. The van der Waals surface area contributed by atoms with Crippen LogP contribution in [0.4, 0.5) is 5.69 Å². The smallest absolute Gasteiger partial charge is 0.269 e. The number of ketones is 2. The van der Waals surface area contributed by atoms with Gasteiger partial charge in [0.2, 0.25) is 5.78 Å². The maximum atomic E-state index is 11.9. The molecule has 1 aliphatic carbocycles. The van der Waals surface area contributed by atoms with Crippen LogP contribution in [-0.2, 0) is 9.59 Å². The van der Waals surface area contributed by atoms with Gasteiger partial charge in [-0.1, -0.05) is 23.2 Å². The number of allylic oxidation sites excluding steroid dienone is 4. The van der Waals surface area contributed by atoms with E-state index in [2.05, 4.69) is 0 Å². The average molecular weight is 298 g/mol. The van der Waals surface area contributed by atoms with Crippen molar-refractivity contribution in [3.8, 4) is 0 Å². The quantitative estimate of drug-likeness (QED) is 0.478. The zero-order valence-electron chi connectivity index (χ0n) is 9.22. The van der Waals surface area contributed by atoms with Crippen LogP contribution in [0.2, 0.25) is 0 Å². The Hall–Kier alpha value is -1.98. The number of Topliss-reactive ketones (excluding diaryl/α,β-unsaturated/α-hetero) is 1. The first kappa shape index (κ1) is 13.5. The monoisotopic (exact) mass is 297 g/mol. The molecule has 0 spiro atoms. The Balaban J connectivity index is 2.51. The zero-order valence-corrected chi connectivity index (χ0v) is 10.7. The number of carbonyl (C=O) groups is 2. The molecule has 0 heterocycles. The van der Waals surface area contributed by atoms with Crippen molar-refractivity contribution < 1.29 is 14.5 Å². The average Bonchev–Trinajstić information content (AvgIpc) is 2.37. The minimum atomic E-state index is -0.583. The van der Waals surface area contributed by atoms with Gasteiger partial charge in [-0.3, -0.25) is 19.7 Å². The molecule has 0 atom stereocenters. The number of non-ortho nitro benzene ring substituents is 1. The van der Waals surface area contributed by atoms with Gasteiger partial charge >= 0.3 is 0 Å². The van der Waals surface area contributed by atoms with Gasteiger partial charge in [-0.25, -0.2) is 0 Å². The van der Waals surface area contributed by atoms with Crippen molar-refractivity contribution in [2.75, 3.05) is 0 Å². The Bertz CT molecular complexity index is 659. The number of halogens is 2. The summed E-state index contributed by atoms with van der Waals surface area (Å²) in [7, 11) is 0. The highest BCUT2D eigenvalue weighted by Gasteiger charge is 2.27. The lowest BCUT2D eigenvalue weighted by molar-refractivity contribution is -0.384. The second kappa shape index (κ2) is 4.95. The second-order valence-electron chi connectivity index (χ2n) is 3.68. The minimum absolute atomic E-state index is 0.0472. The van der Waals surface area contributed by atoms with Crippen LogP contribution in [0.5, 0.6) is 0 Å². The Labute approximate surface area is 117 Å². The molecule has 0 aliphatic heterocycles. The third kappa shape index (κ3) is 2.43. The third-order valence-electron chi connectivity index (χ3n) is 2.50. The number of nitro benzene ring substituents is 1. The maximum absolute atomic E-state index is 11.9. The summed E-state index contributed by atoms with van der Waals surface area (Å²) in [5.74, 6) is -1.15. The van der Waals surface area contributed by atoms with E-state index < -0.39 is 16.5 Å². The molecule has 0 bridgehead atoms. The predicted octanol–water partition coefficient (Wildman–Crippen LogP) is 2.82. The fourth-order valence-corrected chi connectivity index (χ4v) is 2.04. The lowest BCUT2D eigenvalue weighted by Gasteiger charge is -2.12. The highest BCUT2D eigenvalue weighted by molar-refractivity contribution is 6.61. The van der Waals surface area contributed by atoms with Crippen LogP contribution in [0.1, 0.15) is 5.56 Å². The van der Waals surface area contributed by atoms with Crippen LogP contribution >= 0.6 is 23.2 Å². The molecule has 1 aromatic carbocycles. The molecule has 0 aromatic heterocycles. The van der Waals surface area contributed by atoms with Crippen molar-refractivity contribution in [1.82, 2.24) is 0 Å². The van der Waals surface area contributed by atoms with Crippen molar-refractivity contribution in [3.63, 3.8) is 0 Å². The molecule has 1 aromatic rings. The van der Waals surface area contributed by atoms with Gasteiger partial charge in [0, 0.05) is 18.2 Å². The number of nitrogens with zero attached hydrogens (tertiary/aromatic N) is 1. The van der Waals surface area contributed by atoms with E-state index in [1.54, 1.807) is 0 Å². The standard InChI is InChI=1S/C12H5Cl2NO4/c13-8-5-9(16)11(14)10(12(8)17)6-1-3-7(4-2-6)15(18)19/h1-5H. The number of carbonyl (C=O) groups excluding carboxylic acids is 2. The van der Waals surface area contributed by atoms with E-state index in [9.17, 15) is 19.7 Å². The molecule has 19 heavy (non-hydrogen) atoms. The van der Waals surface area contributed by atoms with Gasteiger partial charge in [-0.05, 0) is 17.7 Å². The number of hydrogen-bond donors (Lipinski definition) is 0. The fraction of sp³-hybridized carbons (Fsp3) is 0. The number of hydrogen-bond acceptors (Lipinski definition) is 4. The van der Waals surface area contributed by atoms with Crippen LogP contribution < -0.4 is 0 Å². The molecule has 0 unspecified atom stereocenters. The van der Waals surface area contributed by atoms with Crippen molar-refractivity contribution in [1.29, 1.82) is 0 Å². The van der Waals surface area contributed by atoms with E-state index in [1.165, 1.54) is 24.3 Å². The molecule has 0 saturated heterocycles. The molecule has 0 amide bonds. The summed E-state index contributed by atoms with van der Waals surface area (Å²) in [6.45, 7) is 0. The Kier molecular flexibility index (Phi) is 3.50. The molecule has 0 N–H and O–H groups in total. The van der Waals surface area contributed by atoms with Gasteiger partial charge in [0.1, 0.15) is 0 Å². The lowest BCUT2D eigenvalue weighted by atomic mass is 9.96. The van der Waals surface area contributed by atoms with Crippen LogP contribution in [0, 0.1) is 10.1 Å². The molecular weight excluding hydrogens is 293 g/mol. The number of rotatable bonds is 2. The third-order valence-corrected chi connectivity index (χ3v) is 3.16. The Morgan fingerprint density at radius 1 is 1.05 bits per heavy atom. The summed E-state index contributed by atoms with van der Waals surface area (Å²) in [6, 6.07) is 5.12. The lowest BCUT2D eigenvalue weighted by Crippen LogP contribution is -2.13. The highest BCUT2D eigenvalue weighted by atomic mass is 35.5. The van der Waals surface area contributed by atoms with E-state index in [0.717, 1.165) is 6.08 Å². The normalized spacial score (nSPS) is 15.6. The first-order valence-corrected chi connectivity index (χ1v) is 5.78. The van der Waals surface area contributed by atoms with E-state index in [0.29, 0.717) is 5.56 Å². The van der Waals surface area contributed by atoms with Crippen molar-refractivity contribution in [2.24, 2.45) is 0 Å². The van der Waals surface area contributed by atoms with E-state index in [1.807, 2.05) is 0 Å². The van der Waals surface area contributed by atoms with Crippen LogP contribution in [0.3, 0.4) is 0 Å². The van der Waals surface area contributed by atoms with Gasteiger partial charge < -0.3 is 0 Å². The summed E-state index contributed by atoms with van der Waals surface area (Å²) in [4.78, 5) is 33.3. The molecule has 0 saturated carbocycles. The molecule has 0 fully saturated rings. The van der Waals surface area contributed by atoms with E-state index in [-0.39, 0.29) is 21.3 Å². The highest BCUT2D eigenvalue weighted by Crippen LogP contribution is 2.32. The molecular formula is C12H5Cl2NO4. The zero-order chi connectivity index (χ0) is 14.2. The summed E-state index contributed by atoms with van der Waals surface area (Å²) < 4.78 is 0. The minimum Gasteiger partial charge on any atom is -0.288 e. The predicted molar refractivity (Wildman–Crippen MR) is 69.8 cm³/mol. The SMILES string of the molecule is O=C1C=C(Cl)C(=O)C(c2ccc([N+](=O)[O-])cc2)=C1Cl. The maximum Gasteiger partial charge on any atom is 0.269 e. The summed E-state index contributed by atoms with van der Waals surface area (Å²) in [5, 5.41) is 10.1. The van der Waals surface area contributed by atoms with E-state index in [4.69, 9.17) is 23.2 Å². The summed E-state index contributed by atoms with van der Waals surface area (Å²) in [5.41, 5.74) is 0.131. The largest absolute Gasteiger partial charge is 0.288 e. The van der Waals surface area contributed by atoms with Gasteiger partial charge in [-0.2, -0.15) is 0 Å². The topological polar surface area (TPSA) is 77.3 Å². The molecule has 5 nitrogen and oxygen atoms in total. The van der Waals surface area contributed by atoms with Crippen molar-refractivity contribution >= 4 is 46.0 Å². The van der Waals surface area contributed by atoms with Crippen LogP contribution in [0.15, 0.2) is 40.4 Å². The number of benzene rings is 1. The number of nitro groups is 1. The molecule has 7 heteroatoms. The Morgan fingerprint density at radius 3 is 2.16 bits per heavy atom. The molecule has 1 aliphatic rings. The van der Waals surface area contributed by atoms with E-state index >= 15 is 0 Å². The van der Waals surface area contributed by atoms with Crippen molar-refractivity contribution in [2.45, 2.75) is 0 Å². The van der Waals surface area contributed by atoms with Gasteiger partial charge in [0.25, 0.3) is 5.69 Å². The van der Waals surface area contributed by atoms with Gasteiger partial charge in [0.05, 0.1) is 20.6 Å². The van der Waals surface area contributed by atoms with Gasteiger partial charge in [-0.15, -0.1) is 0 Å². The Morgan fingerprint density at radius 2 is 1.63 bits per heavy atom. The first-order chi connectivity index (χ1) is 8.91. The first-order valence-electron chi connectivity index (χ1n) is 5.02. The van der Waals surface area contributed by atoms with Crippen LogP contribution in [-0.4, -0.2) is 16.5 Å². The molecule has 96 valence electrons. The summed E-state index contributed by atoms with van der Waals surface area (Å²) >= 11 is 11.4. The fourth-order valence-electron chi connectivity index (χ4n) is 1.59. The molecule has 2 rings (SSSR count). The summed E-state index contributed by atoms with van der Waals surface area (Å²) in [6.07, 6.45) is 0.946. The van der Waals surface area contributed by atoms with Gasteiger partial charge in [0.15, 0.2) is 5.78 Å². The second-order valence-corrected chi connectivity index (χ2v) is 4.46. The van der Waals surface area contributed by atoms with Crippen LogP contribution in [0.25, 0.3) is 5.57 Å². The van der Waals surface area contributed by atoms with Crippen molar-refractivity contribution in [3.05, 3.63) is 56.1 Å².